The summed E-state index contributed by atoms with van der Waals surface area (Å²) in [5, 5.41) is 22.4. The van der Waals surface area contributed by atoms with E-state index >= 15 is 0 Å². The van der Waals surface area contributed by atoms with Gasteiger partial charge in [0, 0.05) is 28.9 Å². The van der Waals surface area contributed by atoms with Gasteiger partial charge in [-0.05, 0) is 60.7 Å². The fourth-order valence-corrected chi connectivity index (χ4v) is 8.40. The van der Waals surface area contributed by atoms with E-state index in [9.17, 15) is 24.3 Å². The molecule has 50 heavy (non-hydrogen) atoms. The van der Waals surface area contributed by atoms with Gasteiger partial charge in [0.15, 0.2) is 6.10 Å². The summed E-state index contributed by atoms with van der Waals surface area (Å²) in [6, 6.07) is 28.1. The Balaban J connectivity index is 1.35. The van der Waals surface area contributed by atoms with Crippen LogP contribution in [-0.2, 0) is 32.1 Å². The van der Waals surface area contributed by atoms with Crippen molar-refractivity contribution in [3.63, 3.8) is 0 Å². The van der Waals surface area contributed by atoms with Crippen LogP contribution in [0.25, 0.3) is 10.8 Å². The number of aliphatic hydroxyl groups is 1. The summed E-state index contributed by atoms with van der Waals surface area (Å²) in [5.41, 5.74) is 2.82. The lowest BCUT2D eigenvalue weighted by molar-refractivity contribution is -0.148. The molecule has 1 fully saturated rings. The molecule has 1 aliphatic rings. The molecule has 5 rings (SSSR count). The largest absolute Gasteiger partial charge is 0.381 e. The van der Waals surface area contributed by atoms with Gasteiger partial charge in [-0.25, -0.2) is 0 Å². The molecule has 0 aliphatic carbocycles. The maximum Gasteiger partial charge on any atom is 0.254 e. The second-order valence-electron chi connectivity index (χ2n) is 13.0. The summed E-state index contributed by atoms with van der Waals surface area (Å²) >= 11 is 2.90. The second-order valence-corrected chi connectivity index (χ2v) is 15.7. The third-order valence-corrected chi connectivity index (χ3v) is 11.4. The molecule has 262 valence electrons. The molecular weight excluding hydrogens is 669 g/mol. The van der Waals surface area contributed by atoms with Gasteiger partial charge in [0.2, 0.25) is 17.7 Å². The molecule has 0 aromatic heterocycles. The number of hydrogen-bond donors (Lipinski definition) is 4. The van der Waals surface area contributed by atoms with E-state index < -0.39 is 40.8 Å². The van der Waals surface area contributed by atoms with Gasteiger partial charge in [-0.15, -0.1) is 23.5 Å². The van der Waals surface area contributed by atoms with Crippen LogP contribution in [0.2, 0.25) is 0 Å². The van der Waals surface area contributed by atoms with E-state index in [0.717, 1.165) is 32.4 Å². The van der Waals surface area contributed by atoms with Crippen LogP contribution in [0.3, 0.4) is 0 Å². The molecular formula is C39H44N4O5S2. The zero-order valence-electron chi connectivity index (χ0n) is 28.7. The number of carbonyl (C=O) groups excluding carboxylic acids is 4. The molecule has 0 unspecified atom stereocenters. The zero-order valence-corrected chi connectivity index (χ0v) is 30.4. The number of amides is 4. The van der Waals surface area contributed by atoms with Crippen LogP contribution in [0.15, 0.2) is 102 Å². The molecule has 1 heterocycles. The van der Waals surface area contributed by atoms with Crippen molar-refractivity contribution in [3.05, 3.63) is 114 Å². The number of aryl methyl sites for hydroxylation is 1. The van der Waals surface area contributed by atoms with Crippen molar-refractivity contribution in [2.75, 3.05) is 11.6 Å². The first-order valence-electron chi connectivity index (χ1n) is 16.6. The monoisotopic (exact) mass is 712 g/mol. The predicted octanol–water partition coefficient (Wildman–Crippen LogP) is 4.83. The number of rotatable bonds is 13. The maximum atomic E-state index is 14.1. The minimum atomic E-state index is -1.66. The highest BCUT2D eigenvalue weighted by atomic mass is 32.2. The summed E-state index contributed by atoms with van der Waals surface area (Å²) in [6.07, 6.45) is -1.51. The number of benzene rings is 4. The number of aliphatic hydroxyl groups excluding tert-OH is 1. The lowest BCUT2D eigenvalue weighted by Gasteiger charge is -2.33. The normalized spacial score (nSPS) is 17.1. The zero-order chi connectivity index (χ0) is 35.8. The van der Waals surface area contributed by atoms with Crippen molar-refractivity contribution < 1.29 is 24.3 Å². The Morgan fingerprint density at radius 1 is 0.920 bits per heavy atom. The summed E-state index contributed by atoms with van der Waals surface area (Å²) < 4.78 is -0.626. The van der Waals surface area contributed by atoms with Crippen molar-refractivity contribution in [1.29, 1.82) is 0 Å². The molecule has 0 saturated carbocycles. The molecule has 0 bridgehead atoms. The van der Waals surface area contributed by atoms with Crippen molar-refractivity contribution in [1.82, 2.24) is 20.9 Å². The Hall–Kier alpha value is -4.32. The predicted molar refractivity (Wildman–Crippen MR) is 201 cm³/mol. The van der Waals surface area contributed by atoms with E-state index in [4.69, 9.17) is 0 Å². The number of nitrogens with zero attached hydrogens (tertiary/aromatic N) is 1. The van der Waals surface area contributed by atoms with E-state index in [2.05, 4.69) is 16.0 Å². The average Bonchev–Trinajstić information content (AvgIpc) is 3.43. The fraction of sp³-hybridized carbons (Fsp3) is 0.333. The third kappa shape index (κ3) is 9.07. The Morgan fingerprint density at radius 2 is 1.60 bits per heavy atom. The minimum Gasteiger partial charge on any atom is -0.381 e. The van der Waals surface area contributed by atoms with Crippen LogP contribution in [0.4, 0.5) is 0 Å². The standard InChI is InChI=1S/C39H44N4O5S2/c1-25-13-8-9-17-29(25)22-40-37(47)35-39(3,4)50-24-43(35)38(48)34(45)31(21-27-14-6-5-7-15-27)42-36(46)32(41-26(2)44)23-49-33-20-12-18-28-16-10-11-19-30(28)33/h5-20,31-32,34-35,45H,21-24H2,1-4H3,(H,40,47)(H,41,44)(H,42,46)/t31-,32+,34-,35+/m0/s1. The van der Waals surface area contributed by atoms with Gasteiger partial charge in [0.1, 0.15) is 12.1 Å². The number of nitrogens with one attached hydrogen (secondary N) is 3. The highest BCUT2D eigenvalue weighted by Gasteiger charge is 2.49. The molecule has 1 aliphatic heterocycles. The van der Waals surface area contributed by atoms with Crippen LogP contribution < -0.4 is 16.0 Å². The quantitative estimate of drug-likeness (QED) is 0.146. The molecule has 4 N–H and O–H groups in total. The Kier molecular flexibility index (Phi) is 12.3. The van der Waals surface area contributed by atoms with Crippen LogP contribution in [0.1, 0.15) is 37.5 Å². The molecule has 4 aromatic carbocycles. The second kappa shape index (κ2) is 16.6. The smallest absolute Gasteiger partial charge is 0.254 e. The maximum absolute atomic E-state index is 14.1. The average molecular weight is 713 g/mol. The third-order valence-electron chi connectivity index (χ3n) is 8.90. The Labute approximate surface area is 302 Å². The van der Waals surface area contributed by atoms with Crippen LogP contribution in [-0.4, -0.2) is 74.2 Å². The molecule has 11 heteroatoms. The first kappa shape index (κ1) is 36.9. The van der Waals surface area contributed by atoms with Gasteiger partial charge < -0.3 is 26.0 Å². The fourth-order valence-electron chi connectivity index (χ4n) is 6.16. The minimum absolute atomic E-state index is 0.150. The van der Waals surface area contributed by atoms with E-state index in [0.29, 0.717) is 6.54 Å². The van der Waals surface area contributed by atoms with Gasteiger partial charge in [-0.1, -0.05) is 91.0 Å². The molecule has 4 atom stereocenters. The first-order valence-corrected chi connectivity index (χ1v) is 18.6. The molecule has 4 amide bonds. The van der Waals surface area contributed by atoms with Gasteiger partial charge in [0.25, 0.3) is 5.91 Å². The van der Waals surface area contributed by atoms with Crippen molar-refractivity contribution in [2.45, 2.75) is 74.5 Å². The van der Waals surface area contributed by atoms with Crippen molar-refractivity contribution >= 4 is 57.9 Å². The molecule has 1 saturated heterocycles. The van der Waals surface area contributed by atoms with E-state index in [1.165, 1.54) is 35.3 Å². The number of thioether (sulfide) groups is 2. The van der Waals surface area contributed by atoms with E-state index in [1.807, 2.05) is 118 Å². The SMILES string of the molecule is CC(=O)N[C@H](CSc1cccc2ccccc12)C(=O)N[C@@H](Cc1ccccc1)[C@H](O)C(=O)N1CSC(C)(C)[C@H]1C(=O)NCc1ccccc1C. The van der Waals surface area contributed by atoms with Gasteiger partial charge in [-0.3, -0.25) is 19.2 Å². The summed E-state index contributed by atoms with van der Waals surface area (Å²) in [4.78, 5) is 56.3. The highest BCUT2D eigenvalue weighted by Crippen LogP contribution is 2.40. The van der Waals surface area contributed by atoms with Crippen LogP contribution in [0, 0.1) is 6.92 Å². The molecule has 0 spiro atoms. The molecule has 9 nitrogen and oxygen atoms in total. The topological polar surface area (TPSA) is 128 Å². The number of hydrogen-bond acceptors (Lipinski definition) is 7. The summed E-state index contributed by atoms with van der Waals surface area (Å²) in [6.45, 7) is 7.44. The van der Waals surface area contributed by atoms with Crippen LogP contribution in [0.5, 0.6) is 0 Å². The van der Waals surface area contributed by atoms with E-state index in [-0.39, 0.29) is 29.9 Å². The number of fused-ring (bicyclic) bond motifs is 1. The number of carbonyl (C=O) groups is 4. The molecule has 4 aromatic rings. The highest BCUT2D eigenvalue weighted by molar-refractivity contribution is 8.01. The summed E-state index contributed by atoms with van der Waals surface area (Å²) in [5.74, 6) is -1.44. The van der Waals surface area contributed by atoms with Gasteiger partial charge in [0.05, 0.1) is 11.9 Å². The van der Waals surface area contributed by atoms with E-state index in [1.54, 1.807) is 0 Å². The Morgan fingerprint density at radius 3 is 2.34 bits per heavy atom. The van der Waals surface area contributed by atoms with Crippen molar-refractivity contribution in [2.24, 2.45) is 0 Å². The van der Waals surface area contributed by atoms with Gasteiger partial charge in [-0.2, -0.15) is 0 Å². The van der Waals surface area contributed by atoms with Gasteiger partial charge >= 0.3 is 0 Å². The Bertz CT molecular complexity index is 1830. The summed E-state index contributed by atoms with van der Waals surface area (Å²) in [7, 11) is 0. The van der Waals surface area contributed by atoms with Crippen molar-refractivity contribution in [3.8, 4) is 0 Å². The first-order chi connectivity index (χ1) is 23.9. The van der Waals surface area contributed by atoms with Crippen LogP contribution >= 0.6 is 23.5 Å². The lowest BCUT2D eigenvalue weighted by Crippen LogP contribution is -2.60. The lowest BCUT2D eigenvalue weighted by atomic mass is 9.97. The molecule has 0 radical (unpaired) electrons.